The molecule has 0 aromatic carbocycles. The summed E-state index contributed by atoms with van der Waals surface area (Å²) in [5, 5.41) is 6.93. The maximum absolute atomic E-state index is 12.4. The van der Waals surface area contributed by atoms with E-state index < -0.39 is 0 Å². The third-order valence-electron chi connectivity index (χ3n) is 4.45. The summed E-state index contributed by atoms with van der Waals surface area (Å²) in [6, 6.07) is 0.114. The summed E-state index contributed by atoms with van der Waals surface area (Å²) in [6.07, 6.45) is 1.22. The number of ether oxygens (including phenoxy) is 2. The summed E-state index contributed by atoms with van der Waals surface area (Å²) < 4.78 is 16.0. The maximum atomic E-state index is 12.4. The topological polar surface area (TPSA) is 73.6 Å². The van der Waals surface area contributed by atoms with E-state index in [-0.39, 0.29) is 24.0 Å². The molecule has 4 atom stereocenters. The van der Waals surface area contributed by atoms with E-state index in [1.54, 1.807) is 21.0 Å². The Morgan fingerprint density at radius 2 is 2.30 bits per heavy atom. The first-order chi connectivity index (χ1) is 9.63. The predicted octanol–water partition coefficient (Wildman–Crippen LogP) is 1.07. The lowest BCUT2D eigenvalue weighted by molar-refractivity contribution is -0.0809. The molecule has 1 aromatic heterocycles. The zero-order chi connectivity index (χ0) is 14.3. The molecule has 1 saturated heterocycles. The van der Waals surface area contributed by atoms with E-state index in [2.05, 4.69) is 10.5 Å². The number of hydrogen-bond donors (Lipinski definition) is 1. The minimum Gasteiger partial charge on any atom is -0.384 e. The molecule has 1 amide bonds. The first-order valence-electron chi connectivity index (χ1n) is 6.97. The van der Waals surface area contributed by atoms with Gasteiger partial charge in [0, 0.05) is 31.6 Å². The van der Waals surface area contributed by atoms with E-state index in [9.17, 15) is 4.79 Å². The van der Waals surface area contributed by atoms with Gasteiger partial charge in [-0.3, -0.25) is 4.79 Å². The Hall–Kier alpha value is -1.40. The van der Waals surface area contributed by atoms with Gasteiger partial charge in [-0.25, -0.2) is 0 Å². The van der Waals surface area contributed by atoms with Gasteiger partial charge in [0.25, 0.3) is 5.91 Å². The highest BCUT2D eigenvalue weighted by Crippen LogP contribution is 2.43. The average Bonchev–Trinajstić information content (AvgIpc) is 2.98. The quantitative estimate of drug-likeness (QED) is 0.893. The average molecular weight is 280 g/mol. The van der Waals surface area contributed by atoms with Crippen LogP contribution in [0.15, 0.2) is 4.52 Å². The molecule has 1 aromatic rings. The first kappa shape index (κ1) is 13.6. The van der Waals surface area contributed by atoms with Crippen molar-refractivity contribution in [1.82, 2.24) is 10.5 Å². The molecule has 2 heterocycles. The van der Waals surface area contributed by atoms with Gasteiger partial charge < -0.3 is 19.3 Å². The van der Waals surface area contributed by atoms with E-state index in [1.807, 2.05) is 0 Å². The first-order valence-corrected chi connectivity index (χ1v) is 6.97. The van der Waals surface area contributed by atoms with Crippen LogP contribution in [-0.2, 0) is 9.47 Å². The summed E-state index contributed by atoms with van der Waals surface area (Å²) in [6.45, 7) is 4.91. The van der Waals surface area contributed by atoms with Crippen molar-refractivity contribution in [3.05, 3.63) is 17.0 Å². The second-order valence-electron chi connectivity index (χ2n) is 5.61. The van der Waals surface area contributed by atoms with E-state index in [4.69, 9.17) is 14.0 Å². The highest BCUT2D eigenvalue weighted by Gasteiger charge is 2.54. The van der Waals surface area contributed by atoms with Crippen molar-refractivity contribution in [3.8, 4) is 0 Å². The van der Waals surface area contributed by atoms with Crippen LogP contribution in [0.4, 0.5) is 0 Å². The van der Waals surface area contributed by atoms with Gasteiger partial charge in [0.05, 0.1) is 18.4 Å². The van der Waals surface area contributed by atoms with Crippen LogP contribution in [0.1, 0.15) is 28.2 Å². The van der Waals surface area contributed by atoms with Crippen molar-refractivity contribution in [2.24, 2.45) is 11.8 Å². The van der Waals surface area contributed by atoms with Crippen LogP contribution in [0.25, 0.3) is 0 Å². The van der Waals surface area contributed by atoms with E-state index in [0.717, 1.165) is 13.0 Å². The molecular weight excluding hydrogens is 260 g/mol. The monoisotopic (exact) mass is 280 g/mol. The van der Waals surface area contributed by atoms with E-state index in [1.165, 1.54) is 0 Å². The minimum atomic E-state index is -0.113. The lowest BCUT2D eigenvalue weighted by Gasteiger charge is -2.47. The zero-order valence-electron chi connectivity index (χ0n) is 12.0. The van der Waals surface area contributed by atoms with Gasteiger partial charge in [-0.15, -0.1) is 0 Å². The Kier molecular flexibility index (Phi) is 3.52. The zero-order valence-corrected chi connectivity index (χ0v) is 12.0. The van der Waals surface area contributed by atoms with Gasteiger partial charge in [-0.1, -0.05) is 5.16 Å². The molecule has 0 radical (unpaired) electrons. The van der Waals surface area contributed by atoms with E-state index >= 15 is 0 Å². The maximum Gasteiger partial charge on any atom is 0.257 e. The second-order valence-corrected chi connectivity index (χ2v) is 5.61. The third kappa shape index (κ3) is 2.03. The number of hydrogen-bond acceptors (Lipinski definition) is 5. The highest BCUT2D eigenvalue weighted by atomic mass is 16.5. The number of fused-ring (bicyclic) bond motifs is 1. The smallest absolute Gasteiger partial charge is 0.257 e. The van der Waals surface area contributed by atoms with Crippen molar-refractivity contribution >= 4 is 5.91 Å². The van der Waals surface area contributed by atoms with Crippen LogP contribution in [0.5, 0.6) is 0 Å². The lowest BCUT2D eigenvalue weighted by Crippen LogP contribution is -2.62. The molecule has 0 unspecified atom stereocenters. The molecular formula is C14H20N2O4. The fourth-order valence-corrected chi connectivity index (χ4v) is 3.47. The molecule has 20 heavy (non-hydrogen) atoms. The molecule has 2 fully saturated rings. The molecule has 3 rings (SSSR count). The normalized spacial score (nSPS) is 31.8. The fraction of sp³-hybridized carbons (Fsp3) is 0.714. The summed E-state index contributed by atoms with van der Waals surface area (Å²) >= 11 is 0. The van der Waals surface area contributed by atoms with Gasteiger partial charge in [0.15, 0.2) is 0 Å². The Labute approximate surface area is 117 Å². The number of carbonyl (C=O) groups excluding carboxylic acids is 1. The summed E-state index contributed by atoms with van der Waals surface area (Å²) in [5.41, 5.74) is 1.17. The van der Waals surface area contributed by atoms with Crippen molar-refractivity contribution in [1.29, 1.82) is 0 Å². The van der Waals surface area contributed by atoms with Gasteiger partial charge in [-0.05, 0) is 20.3 Å². The van der Waals surface area contributed by atoms with Crippen molar-refractivity contribution < 1.29 is 18.8 Å². The van der Waals surface area contributed by atoms with Crippen LogP contribution in [-0.4, -0.2) is 43.5 Å². The largest absolute Gasteiger partial charge is 0.384 e. The van der Waals surface area contributed by atoms with Gasteiger partial charge >= 0.3 is 0 Å². The summed E-state index contributed by atoms with van der Waals surface area (Å²) in [4.78, 5) is 12.4. The Morgan fingerprint density at radius 1 is 1.50 bits per heavy atom. The van der Waals surface area contributed by atoms with Crippen LogP contribution in [0.2, 0.25) is 0 Å². The highest BCUT2D eigenvalue weighted by molar-refractivity contribution is 5.96. The number of aromatic nitrogens is 1. The molecule has 0 bridgehead atoms. The van der Waals surface area contributed by atoms with Gasteiger partial charge in [-0.2, -0.15) is 0 Å². The van der Waals surface area contributed by atoms with Crippen molar-refractivity contribution in [2.45, 2.75) is 32.4 Å². The van der Waals surface area contributed by atoms with Crippen molar-refractivity contribution in [2.75, 3.05) is 20.3 Å². The van der Waals surface area contributed by atoms with Crippen molar-refractivity contribution in [3.63, 3.8) is 0 Å². The number of rotatable bonds is 4. The third-order valence-corrected chi connectivity index (χ3v) is 4.45. The Morgan fingerprint density at radius 3 is 2.95 bits per heavy atom. The van der Waals surface area contributed by atoms with E-state index in [0.29, 0.717) is 29.5 Å². The molecule has 1 N–H and O–H groups in total. The molecule has 1 aliphatic heterocycles. The van der Waals surface area contributed by atoms with Gasteiger partial charge in [0.2, 0.25) is 0 Å². The van der Waals surface area contributed by atoms with Crippen LogP contribution in [0.3, 0.4) is 0 Å². The number of aryl methyl sites for hydroxylation is 2. The van der Waals surface area contributed by atoms with Gasteiger partial charge in [0.1, 0.15) is 11.3 Å². The van der Waals surface area contributed by atoms with Crippen LogP contribution in [0, 0.1) is 25.7 Å². The summed E-state index contributed by atoms with van der Waals surface area (Å²) in [7, 11) is 1.68. The standard InChI is InChI=1S/C14H20N2O4/c1-7-11(8(2)20-16-7)14(17)15-12-9-4-5-19-13(9)10(12)6-18-3/h9-10,12-13H,4-6H2,1-3H3,(H,15,17)/t9-,10+,12-,13-/m0/s1. The molecule has 1 aliphatic carbocycles. The molecule has 6 heteroatoms. The number of nitrogens with one attached hydrogen (secondary N) is 1. The number of nitrogens with zero attached hydrogens (tertiary/aromatic N) is 1. The number of methoxy groups -OCH3 is 1. The Bertz CT molecular complexity index is 494. The molecule has 6 nitrogen and oxygen atoms in total. The van der Waals surface area contributed by atoms with Crippen LogP contribution >= 0.6 is 0 Å². The fourth-order valence-electron chi connectivity index (χ4n) is 3.47. The minimum absolute atomic E-state index is 0.113. The Balaban J connectivity index is 1.72. The molecule has 0 spiro atoms. The SMILES string of the molecule is COC[C@@H]1[C@@H](NC(=O)c2c(C)noc2C)[C@@H]2CCO[C@H]12. The molecule has 1 saturated carbocycles. The van der Waals surface area contributed by atoms with Crippen LogP contribution < -0.4 is 5.32 Å². The predicted molar refractivity (Wildman–Crippen MR) is 70.4 cm³/mol. The summed E-state index contributed by atoms with van der Waals surface area (Å²) in [5.74, 6) is 1.08. The second kappa shape index (κ2) is 5.18. The molecule has 2 aliphatic rings. The molecule has 110 valence electrons. The lowest BCUT2D eigenvalue weighted by atomic mass is 9.67. The number of amides is 1. The number of carbonyl (C=O) groups is 1.